The maximum absolute atomic E-state index is 11.3. The Morgan fingerprint density at radius 1 is 1.04 bits per heavy atom. The van der Waals surface area contributed by atoms with Crippen LogP contribution in [-0.2, 0) is 9.59 Å². The van der Waals surface area contributed by atoms with Crippen LogP contribution in [0.2, 0.25) is 0 Å². The van der Waals surface area contributed by atoms with Gasteiger partial charge >= 0.3 is 5.97 Å². The molecule has 1 aromatic rings. The standard InChI is InChI=1S/C12H11IO3.C6H8O.C2H6/c1-3-4-5-12(14)15-10-6-9(2)7-11(8-10)16-13;1-3-4-5-6(2)7;1-2/h1,6-8H,4-5H2,2H3;1H,4-5H2,2H3;1-2H3. The lowest BCUT2D eigenvalue weighted by atomic mass is 10.2. The van der Waals surface area contributed by atoms with Crippen molar-refractivity contribution in [1.82, 2.24) is 0 Å². The summed E-state index contributed by atoms with van der Waals surface area (Å²) in [5, 5.41) is 0. The minimum Gasteiger partial charge on any atom is -0.428 e. The van der Waals surface area contributed by atoms with Gasteiger partial charge in [0.25, 0.3) is 0 Å². The summed E-state index contributed by atoms with van der Waals surface area (Å²) in [7, 11) is 0. The normalized spacial score (nSPS) is 8.28. The molecule has 0 saturated heterocycles. The maximum atomic E-state index is 11.3. The second-order valence-corrected chi connectivity index (χ2v) is 5.08. The van der Waals surface area contributed by atoms with Crippen molar-refractivity contribution < 1.29 is 17.4 Å². The lowest BCUT2D eigenvalue weighted by Gasteiger charge is -2.06. The molecule has 0 atom stereocenters. The summed E-state index contributed by atoms with van der Waals surface area (Å²) in [6, 6.07) is 5.28. The Morgan fingerprint density at radius 3 is 2.00 bits per heavy atom. The lowest BCUT2D eigenvalue weighted by Crippen LogP contribution is -2.07. The number of ketones is 1. The molecule has 5 heteroatoms. The molecular formula is C20H25IO4. The first-order chi connectivity index (χ1) is 11.9. The van der Waals surface area contributed by atoms with Gasteiger partial charge in [0.1, 0.15) is 17.3 Å². The van der Waals surface area contributed by atoms with Crippen LogP contribution in [0.15, 0.2) is 18.2 Å². The molecule has 0 heterocycles. The third-order valence-electron chi connectivity index (χ3n) is 2.44. The number of ether oxygens (including phenoxy) is 1. The Balaban J connectivity index is 0. The topological polar surface area (TPSA) is 52.6 Å². The number of carbonyl (C=O) groups excluding carboxylic acids is 2. The van der Waals surface area contributed by atoms with Gasteiger partial charge in [-0.15, -0.1) is 24.7 Å². The van der Waals surface area contributed by atoms with E-state index >= 15 is 0 Å². The largest absolute Gasteiger partial charge is 0.428 e. The monoisotopic (exact) mass is 456 g/mol. The molecule has 136 valence electrons. The second kappa shape index (κ2) is 16.9. The van der Waals surface area contributed by atoms with E-state index in [1.165, 1.54) is 6.92 Å². The van der Waals surface area contributed by atoms with Crippen LogP contribution in [0.5, 0.6) is 11.5 Å². The van der Waals surface area contributed by atoms with Crippen LogP contribution in [0.3, 0.4) is 0 Å². The van der Waals surface area contributed by atoms with E-state index in [2.05, 4.69) is 11.8 Å². The first-order valence-corrected chi connectivity index (χ1v) is 8.78. The van der Waals surface area contributed by atoms with Gasteiger partial charge in [0.2, 0.25) is 0 Å². The van der Waals surface area contributed by atoms with E-state index < -0.39 is 0 Å². The summed E-state index contributed by atoms with van der Waals surface area (Å²) in [5.74, 6) is 5.74. The van der Waals surface area contributed by atoms with Gasteiger partial charge < -0.3 is 7.80 Å². The predicted molar refractivity (Wildman–Crippen MR) is 110 cm³/mol. The lowest BCUT2D eigenvalue weighted by molar-refractivity contribution is -0.134. The first kappa shape index (κ1) is 25.3. The number of halogens is 1. The highest BCUT2D eigenvalue weighted by Gasteiger charge is 2.06. The van der Waals surface area contributed by atoms with Gasteiger partial charge in [-0.25, -0.2) is 0 Å². The summed E-state index contributed by atoms with van der Waals surface area (Å²) in [5.41, 5.74) is 0.967. The number of rotatable bonds is 6. The van der Waals surface area contributed by atoms with Crippen LogP contribution in [0.25, 0.3) is 0 Å². The van der Waals surface area contributed by atoms with Gasteiger partial charge in [0.15, 0.2) is 23.0 Å². The molecule has 0 radical (unpaired) electrons. The number of hydrogen-bond acceptors (Lipinski definition) is 4. The van der Waals surface area contributed by atoms with Gasteiger partial charge in [-0.2, -0.15) is 0 Å². The average molecular weight is 456 g/mol. The summed E-state index contributed by atoms with van der Waals surface area (Å²) < 4.78 is 10.2. The zero-order valence-corrected chi connectivity index (χ0v) is 17.4. The number of benzene rings is 1. The van der Waals surface area contributed by atoms with Crippen molar-refractivity contribution in [2.45, 2.75) is 53.4 Å². The first-order valence-electron chi connectivity index (χ1n) is 7.90. The van der Waals surface area contributed by atoms with E-state index in [-0.39, 0.29) is 18.2 Å². The van der Waals surface area contributed by atoms with Gasteiger partial charge in [0, 0.05) is 25.3 Å². The Hall–Kier alpha value is -1.99. The molecule has 1 aromatic carbocycles. The fraction of sp³-hybridized carbons (Fsp3) is 0.400. The van der Waals surface area contributed by atoms with E-state index in [4.69, 9.17) is 20.6 Å². The molecule has 0 aliphatic carbocycles. The van der Waals surface area contributed by atoms with Crippen LogP contribution < -0.4 is 7.80 Å². The van der Waals surface area contributed by atoms with Crippen LogP contribution in [0, 0.1) is 31.6 Å². The highest BCUT2D eigenvalue weighted by molar-refractivity contribution is 14.1. The van der Waals surface area contributed by atoms with E-state index in [0.717, 1.165) is 5.56 Å². The SMILES string of the molecule is C#CCCC(=O)Oc1cc(C)cc(OI)c1.C#CCCC(C)=O.CC. The summed E-state index contributed by atoms with van der Waals surface area (Å²) in [6.07, 6.45) is 11.7. The van der Waals surface area contributed by atoms with Gasteiger partial charge in [-0.1, -0.05) is 13.8 Å². The Labute approximate surface area is 165 Å². The number of esters is 1. The molecule has 0 saturated carbocycles. The number of Topliss-reactive ketones (excluding diaryl/α,β-unsaturated/α-hetero) is 1. The third-order valence-corrected chi connectivity index (χ3v) is 2.95. The van der Waals surface area contributed by atoms with E-state index in [9.17, 15) is 9.59 Å². The minimum absolute atomic E-state index is 0.165. The van der Waals surface area contributed by atoms with Crippen LogP contribution in [0.1, 0.15) is 52.0 Å². The zero-order chi connectivity index (χ0) is 19.7. The Bertz CT molecular complexity index is 609. The molecule has 0 N–H and O–H groups in total. The van der Waals surface area contributed by atoms with Crippen molar-refractivity contribution in [3.63, 3.8) is 0 Å². The van der Waals surface area contributed by atoms with Crippen molar-refractivity contribution >= 4 is 34.8 Å². The molecule has 0 aromatic heterocycles. The fourth-order valence-corrected chi connectivity index (χ4v) is 1.68. The molecule has 0 aliphatic heterocycles. The highest BCUT2D eigenvalue weighted by Crippen LogP contribution is 2.24. The number of hydrogen-bond donors (Lipinski definition) is 0. The van der Waals surface area contributed by atoms with Crippen LogP contribution >= 0.6 is 23.0 Å². The predicted octanol–water partition coefficient (Wildman–Crippen LogP) is 5.06. The quantitative estimate of drug-likeness (QED) is 0.260. The fourth-order valence-electron chi connectivity index (χ4n) is 1.42. The summed E-state index contributed by atoms with van der Waals surface area (Å²) in [6.45, 7) is 7.44. The second-order valence-electron chi connectivity index (χ2n) is 4.64. The minimum atomic E-state index is -0.331. The molecule has 0 spiro atoms. The van der Waals surface area contributed by atoms with Crippen molar-refractivity contribution in [2.24, 2.45) is 0 Å². The average Bonchev–Trinajstić information content (AvgIpc) is 2.59. The molecule has 0 bridgehead atoms. The van der Waals surface area contributed by atoms with Crippen LogP contribution in [0.4, 0.5) is 0 Å². The van der Waals surface area contributed by atoms with Crippen molar-refractivity contribution in [2.75, 3.05) is 0 Å². The third kappa shape index (κ3) is 15.3. The van der Waals surface area contributed by atoms with E-state index in [1.807, 2.05) is 26.8 Å². The smallest absolute Gasteiger partial charge is 0.312 e. The maximum Gasteiger partial charge on any atom is 0.312 e. The van der Waals surface area contributed by atoms with E-state index in [1.54, 1.807) is 35.1 Å². The van der Waals surface area contributed by atoms with Gasteiger partial charge in [-0.3, -0.25) is 9.59 Å². The molecule has 0 amide bonds. The molecule has 0 fully saturated rings. The Morgan fingerprint density at radius 2 is 1.56 bits per heavy atom. The molecular weight excluding hydrogens is 431 g/mol. The summed E-state index contributed by atoms with van der Waals surface area (Å²) >= 11 is 1.78. The summed E-state index contributed by atoms with van der Waals surface area (Å²) in [4.78, 5) is 21.4. The van der Waals surface area contributed by atoms with Gasteiger partial charge in [0.05, 0.1) is 6.42 Å². The number of aryl methyl sites for hydroxylation is 1. The molecule has 0 aliphatic rings. The Kier molecular flexibility index (Phi) is 17.0. The van der Waals surface area contributed by atoms with Crippen molar-refractivity contribution in [1.29, 1.82) is 0 Å². The molecule has 4 nitrogen and oxygen atoms in total. The van der Waals surface area contributed by atoms with Crippen LogP contribution in [-0.4, -0.2) is 11.8 Å². The van der Waals surface area contributed by atoms with Gasteiger partial charge in [-0.05, 0) is 31.5 Å². The number of terminal acetylenes is 2. The van der Waals surface area contributed by atoms with E-state index in [0.29, 0.717) is 30.8 Å². The highest BCUT2D eigenvalue weighted by atomic mass is 127. The zero-order valence-electron chi connectivity index (χ0n) is 15.2. The molecule has 1 rings (SSSR count). The number of carbonyl (C=O) groups is 2. The molecule has 25 heavy (non-hydrogen) atoms. The van der Waals surface area contributed by atoms with Crippen molar-refractivity contribution in [3.8, 4) is 36.2 Å². The molecule has 0 unspecified atom stereocenters. The van der Waals surface area contributed by atoms with Crippen molar-refractivity contribution in [3.05, 3.63) is 23.8 Å².